The van der Waals surface area contributed by atoms with Crippen LogP contribution in [0.25, 0.3) is 5.57 Å². The van der Waals surface area contributed by atoms with E-state index in [9.17, 15) is 9.59 Å². The Morgan fingerprint density at radius 2 is 1.79 bits per heavy atom. The number of carbonyl (C=O) groups is 2. The van der Waals surface area contributed by atoms with Gasteiger partial charge in [-0.15, -0.1) is 11.3 Å². The molecule has 0 radical (unpaired) electrons. The first-order valence-electron chi connectivity index (χ1n) is 9.18. The van der Waals surface area contributed by atoms with Gasteiger partial charge in [0.25, 0.3) is 11.8 Å². The quantitative estimate of drug-likeness (QED) is 0.617. The first-order chi connectivity index (χ1) is 14.1. The second kappa shape index (κ2) is 7.93. The maximum Gasteiger partial charge on any atom is 0.278 e. The van der Waals surface area contributed by atoms with E-state index in [2.05, 4.69) is 5.32 Å². The average molecular weight is 404 g/mol. The molecule has 0 atom stereocenters. The molecule has 1 aromatic heterocycles. The van der Waals surface area contributed by atoms with Gasteiger partial charge in [-0.1, -0.05) is 42.5 Å². The predicted octanol–water partition coefficient (Wildman–Crippen LogP) is 4.46. The molecule has 0 aliphatic carbocycles. The molecule has 0 saturated heterocycles. The van der Waals surface area contributed by atoms with Crippen molar-refractivity contribution in [3.05, 3.63) is 87.7 Å². The molecule has 0 unspecified atom stereocenters. The molecule has 5 nitrogen and oxygen atoms in total. The van der Waals surface area contributed by atoms with Crippen molar-refractivity contribution < 1.29 is 14.3 Å². The van der Waals surface area contributed by atoms with Gasteiger partial charge in [0, 0.05) is 4.88 Å². The Labute approximate surface area is 173 Å². The number of rotatable bonds is 6. The van der Waals surface area contributed by atoms with Crippen molar-refractivity contribution in [3.8, 4) is 5.75 Å². The van der Waals surface area contributed by atoms with Crippen molar-refractivity contribution in [2.24, 2.45) is 0 Å². The molecule has 29 heavy (non-hydrogen) atoms. The van der Waals surface area contributed by atoms with Gasteiger partial charge in [0.05, 0.1) is 24.9 Å². The Hall–Kier alpha value is -3.38. The Morgan fingerprint density at radius 3 is 2.48 bits per heavy atom. The lowest BCUT2D eigenvalue weighted by atomic mass is 10.1. The van der Waals surface area contributed by atoms with Gasteiger partial charge in [0.1, 0.15) is 11.4 Å². The maximum atomic E-state index is 13.3. The van der Waals surface area contributed by atoms with E-state index in [-0.39, 0.29) is 24.1 Å². The minimum absolute atomic E-state index is 0.226. The fourth-order valence-corrected chi connectivity index (χ4v) is 4.07. The highest BCUT2D eigenvalue weighted by molar-refractivity contribution is 7.11. The van der Waals surface area contributed by atoms with E-state index in [1.54, 1.807) is 7.11 Å². The zero-order chi connectivity index (χ0) is 20.4. The largest absolute Gasteiger partial charge is 0.495 e. The lowest BCUT2D eigenvalue weighted by Gasteiger charge is -2.16. The zero-order valence-corrected chi connectivity index (χ0v) is 17.0. The molecule has 3 aromatic rings. The molecular formula is C23H20N2O3S. The van der Waals surface area contributed by atoms with Crippen LogP contribution in [0.4, 0.5) is 5.69 Å². The number of nitrogens with zero attached hydrogens (tertiary/aromatic N) is 1. The highest BCUT2D eigenvalue weighted by atomic mass is 32.1. The SMILES string of the molecule is COc1ccc(C)cc1NC1=C(c2cccs2)C(=O)N(Cc2ccccc2)C1=O. The highest BCUT2D eigenvalue weighted by Gasteiger charge is 2.39. The van der Waals surface area contributed by atoms with Gasteiger partial charge in [0.2, 0.25) is 0 Å². The Balaban J connectivity index is 1.75. The normalized spacial score (nSPS) is 13.9. The van der Waals surface area contributed by atoms with Crippen molar-refractivity contribution in [3.63, 3.8) is 0 Å². The fraction of sp³-hybridized carbons (Fsp3) is 0.130. The lowest BCUT2D eigenvalue weighted by molar-refractivity contribution is -0.137. The van der Waals surface area contributed by atoms with Gasteiger partial charge >= 0.3 is 0 Å². The molecule has 146 valence electrons. The van der Waals surface area contributed by atoms with Gasteiger partial charge in [-0.2, -0.15) is 0 Å². The van der Waals surface area contributed by atoms with Crippen LogP contribution in [0, 0.1) is 6.92 Å². The molecule has 0 saturated carbocycles. The van der Waals surface area contributed by atoms with Gasteiger partial charge in [-0.05, 0) is 41.6 Å². The second-order valence-electron chi connectivity index (χ2n) is 6.74. The number of imide groups is 1. The molecular weight excluding hydrogens is 384 g/mol. The third-order valence-electron chi connectivity index (χ3n) is 4.73. The van der Waals surface area contributed by atoms with Gasteiger partial charge in [-0.3, -0.25) is 14.5 Å². The molecule has 2 aromatic carbocycles. The number of amides is 2. The number of hydrogen-bond donors (Lipinski definition) is 1. The second-order valence-corrected chi connectivity index (χ2v) is 7.69. The van der Waals surface area contributed by atoms with Crippen LogP contribution in [-0.4, -0.2) is 23.8 Å². The summed E-state index contributed by atoms with van der Waals surface area (Å²) in [4.78, 5) is 28.5. The number of carbonyl (C=O) groups excluding carboxylic acids is 2. The number of aryl methyl sites for hydroxylation is 1. The number of anilines is 1. The summed E-state index contributed by atoms with van der Waals surface area (Å²) in [6.07, 6.45) is 0. The van der Waals surface area contributed by atoms with Crippen molar-refractivity contribution in [1.82, 2.24) is 4.90 Å². The van der Waals surface area contributed by atoms with E-state index in [4.69, 9.17) is 4.74 Å². The predicted molar refractivity (Wildman–Crippen MR) is 115 cm³/mol. The Kier molecular flexibility index (Phi) is 5.18. The molecule has 0 fully saturated rings. The number of methoxy groups -OCH3 is 1. The number of benzene rings is 2. The van der Waals surface area contributed by atoms with Gasteiger partial charge in [-0.25, -0.2) is 0 Å². The third kappa shape index (κ3) is 3.67. The minimum atomic E-state index is -0.342. The van der Waals surface area contributed by atoms with Crippen molar-refractivity contribution in [1.29, 1.82) is 0 Å². The van der Waals surface area contributed by atoms with Crippen molar-refractivity contribution in [2.75, 3.05) is 12.4 Å². The number of ether oxygens (including phenoxy) is 1. The van der Waals surface area contributed by atoms with Crippen LogP contribution < -0.4 is 10.1 Å². The summed E-state index contributed by atoms with van der Waals surface area (Å²) in [5, 5.41) is 5.08. The van der Waals surface area contributed by atoms with Crippen LogP contribution in [-0.2, 0) is 16.1 Å². The minimum Gasteiger partial charge on any atom is -0.495 e. The Morgan fingerprint density at radius 1 is 1.00 bits per heavy atom. The highest BCUT2D eigenvalue weighted by Crippen LogP contribution is 2.35. The smallest absolute Gasteiger partial charge is 0.278 e. The zero-order valence-electron chi connectivity index (χ0n) is 16.1. The standard InChI is InChI=1S/C23H20N2O3S/c1-15-10-11-18(28-2)17(13-15)24-21-20(19-9-6-12-29-19)22(26)25(23(21)27)14-16-7-4-3-5-8-16/h3-13,24H,14H2,1-2H3. The van der Waals surface area contributed by atoms with Crippen LogP contribution in [0.5, 0.6) is 5.75 Å². The Bertz CT molecular complexity index is 1090. The van der Waals surface area contributed by atoms with E-state index >= 15 is 0 Å². The van der Waals surface area contributed by atoms with E-state index in [0.29, 0.717) is 17.0 Å². The molecule has 1 aliphatic heterocycles. The number of nitrogens with one attached hydrogen (secondary N) is 1. The molecule has 2 heterocycles. The molecule has 1 aliphatic rings. The molecule has 0 spiro atoms. The maximum absolute atomic E-state index is 13.3. The van der Waals surface area contributed by atoms with Crippen LogP contribution in [0.15, 0.2) is 71.7 Å². The average Bonchev–Trinajstić information content (AvgIpc) is 3.32. The topological polar surface area (TPSA) is 58.6 Å². The van der Waals surface area contributed by atoms with E-state index in [0.717, 1.165) is 16.0 Å². The monoisotopic (exact) mass is 404 g/mol. The van der Waals surface area contributed by atoms with Crippen molar-refractivity contribution >= 4 is 34.4 Å². The van der Waals surface area contributed by atoms with E-state index in [1.165, 1.54) is 16.2 Å². The summed E-state index contributed by atoms with van der Waals surface area (Å²) >= 11 is 1.43. The summed E-state index contributed by atoms with van der Waals surface area (Å²) in [6.45, 7) is 2.19. The van der Waals surface area contributed by atoms with Crippen LogP contribution in [0.2, 0.25) is 0 Å². The molecule has 2 amide bonds. The number of hydrogen-bond acceptors (Lipinski definition) is 5. The van der Waals surface area contributed by atoms with E-state index in [1.807, 2.05) is 73.0 Å². The first-order valence-corrected chi connectivity index (χ1v) is 10.1. The molecule has 0 bridgehead atoms. The summed E-state index contributed by atoms with van der Waals surface area (Å²) in [7, 11) is 1.58. The lowest BCUT2D eigenvalue weighted by Crippen LogP contribution is -2.31. The number of thiophene rings is 1. The van der Waals surface area contributed by atoms with Gasteiger partial charge in [0.15, 0.2) is 0 Å². The molecule has 1 N–H and O–H groups in total. The third-order valence-corrected chi connectivity index (χ3v) is 5.62. The van der Waals surface area contributed by atoms with Crippen LogP contribution in [0.3, 0.4) is 0 Å². The van der Waals surface area contributed by atoms with Crippen LogP contribution >= 0.6 is 11.3 Å². The summed E-state index contributed by atoms with van der Waals surface area (Å²) in [6, 6.07) is 18.9. The van der Waals surface area contributed by atoms with Crippen LogP contribution in [0.1, 0.15) is 16.0 Å². The molecule has 4 rings (SSSR count). The summed E-state index contributed by atoms with van der Waals surface area (Å²) in [5.74, 6) is -0.0309. The van der Waals surface area contributed by atoms with Crippen molar-refractivity contribution in [2.45, 2.75) is 13.5 Å². The fourth-order valence-electron chi connectivity index (χ4n) is 3.31. The summed E-state index contributed by atoms with van der Waals surface area (Å²) in [5.41, 5.74) is 3.24. The van der Waals surface area contributed by atoms with Gasteiger partial charge < -0.3 is 10.1 Å². The van der Waals surface area contributed by atoms with E-state index < -0.39 is 0 Å². The first kappa shape index (κ1) is 19.0. The molecule has 6 heteroatoms. The summed E-state index contributed by atoms with van der Waals surface area (Å²) < 4.78 is 5.43.